The van der Waals surface area contributed by atoms with Crippen LogP contribution in [0.15, 0.2) is 30.3 Å². The first-order valence-corrected chi connectivity index (χ1v) is 9.72. The number of thioether (sulfide) groups is 1. The Hall–Kier alpha value is -1.49. The smallest absolute Gasteiger partial charge is 0.246 e. The molecule has 2 fully saturated rings. The Kier molecular flexibility index (Phi) is 5.18. The lowest BCUT2D eigenvalue weighted by molar-refractivity contribution is -0.138. The molecule has 0 spiro atoms. The zero-order valence-corrected chi connectivity index (χ0v) is 15.3. The van der Waals surface area contributed by atoms with E-state index in [1.165, 1.54) is 19.3 Å². The Morgan fingerprint density at radius 2 is 2.00 bits per heavy atom. The van der Waals surface area contributed by atoms with Crippen LogP contribution in [0.25, 0.3) is 0 Å². The molecule has 2 amide bonds. The number of carbonyl (C=O) groups excluding carboxylic acids is 2. The quantitative estimate of drug-likeness (QED) is 0.892. The predicted octanol–water partition coefficient (Wildman–Crippen LogP) is 2.83. The van der Waals surface area contributed by atoms with Crippen molar-refractivity contribution in [2.24, 2.45) is 5.92 Å². The zero-order valence-electron chi connectivity index (χ0n) is 14.5. The molecule has 0 aromatic heterocycles. The molecular formula is C19H26N2O2S. The van der Waals surface area contributed by atoms with E-state index in [0.29, 0.717) is 18.2 Å². The lowest BCUT2D eigenvalue weighted by Crippen LogP contribution is -2.58. The number of hydrogen-bond acceptors (Lipinski definition) is 3. The lowest BCUT2D eigenvalue weighted by Gasteiger charge is -2.38. The minimum atomic E-state index is -0.449. The molecule has 1 heterocycles. The van der Waals surface area contributed by atoms with Crippen LogP contribution in [0.3, 0.4) is 0 Å². The summed E-state index contributed by atoms with van der Waals surface area (Å²) in [6.07, 6.45) is 3.68. The largest absolute Gasteiger partial charge is 0.342 e. The van der Waals surface area contributed by atoms with Gasteiger partial charge in [0.1, 0.15) is 6.04 Å². The van der Waals surface area contributed by atoms with Crippen LogP contribution >= 0.6 is 11.8 Å². The van der Waals surface area contributed by atoms with Gasteiger partial charge in [-0.2, -0.15) is 0 Å². The molecular weight excluding hydrogens is 320 g/mol. The van der Waals surface area contributed by atoms with Crippen molar-refractivity contribution in [1.29, 1.82) is 0 Å². The van der Waals surface area contributed by atoms with Crippen molar-refractivity contribution in [1.82, 2.24) is 10.2 Å². The van der Waals surface area contributed by atoms with Gasteiger partial charge in [0.25, 0.3) is 0 Å². The molecule has 24 heavy (non-hydrogen) atoms. The van der Waals surface area contributed by atoms with Gasteiger partial charge in [0.05, 0.1) is 4.75 Å². The van der Waals surface area contributed by atoms with Crippen LogP contribution < -0.4 is 5.32 Å². The van der Waals surface area contributed by atoms with Crippen molar-refractivity contribution >= 4 is 23.6 Å². The van der Waals surface area contributed by atoms with Gasteiger partial charge in [0, 0.05) is 18.8 Å². The van der Waals surface area contributed by atoms with E-state index in [4.69, 9.17) is 0 Å². The number of nitrogens with zero attached hydrogens (tertiary/aromatic N) is 1. The Balaban J connectivity index is 1.69. The molecule has 1 aliphatic heterocycles. The maximum Gasteiger partial charge on any atom is 0.246 e. The van der Waals surface area contributed by atoms with Crippen LogP contribution in [0.4, 0.5) is 0 Å². The Labute approximate surface area is 148 Å². The summed E-state index contributed by atoms with van der Waals surface area (Å²) in [4.78, 5) is 27.2. The van der Waals surface area contributed by atoms with Crippen LogP contribution in [-0.2, 0) is 16.1 Å². The molecule has 1 atom stereocenters. The number of hydrogen-bond donors (Lipinski definition) is 1. The lowest BCUT2D eigenvalue weighted by atomic mass is 9.85. The minimum absolute atomic E-state index is 0.0413. The number of carbonyl (C=O) groups is 2. The van der Waals surface area contributed by atoms with Crippen molar-refractivity contribution in [2.45, 2.75) is 50.4 Å². The van der Waals surface area contributed by atoms with Crippen LogP contribution in [-0.4, -0.2) is 39.8 Å². The van der Waals surface area contributed by atoms with Crippen molar-refractivity contribution in [3.05, 3.63) is 35.9 Å². The van der Waals surface area contributed by atoms with Crippen LogP contribution in [0.5, 0.6) is 0 Å². The molecule has 1 saturated carbocycles. The first-order valence-electron chi connectivity index (χ1n) is 8.73. The maximum atomic E-state index is 13.0. The summed E-state index contributed by atoms with van der Waals surface area (Å²) in [6, 6.07) is 9.70. The molecule has 1 aromatic carbocycles. The molecule has 1 aliphatic carbocycles. The molecule has 2 aliphatic rings. The highest BCUT2D eigenvalue weighted by Crippen LogP contribution is 2.31. The highest BCUT2D eigenvalue weighted by molar-refractivity contribution is 8.01. The number of benzene rings is 1. The molecule has 0 radical (unpaired) electrons. The summed E-state index contributed by atoms with van der Waals surface area (Å²) >= 11 is 1.57. The fourth-order valence-corrected chi connectivity index (χ4v) is 4.11. The summed E-state index contributed by atoms with van der Waals surface area (Å²) in [6.45, 7) is 5.23. The Morgan fingerprint density at radius 1 is 1.29 bits per heavy atom. The topological polar surface area (TPSA) is 49.4 Å². The van der Waals surface area contributed by atoms with E-state index in [9.17, 15) is 9.59 Å². The summed E-state index contributed by atoms with van der Waals surface area (Å²) in [7, 11) is 0. The van der Waals surface area contributed by atoms with Gasteiger partial charge in [0.2, 0.25) is 11.8 Å². The standard InChI is InChI=1S/C19H26N2O2S/c1-19(2)18(23)20-16(13-24-19)17(22)21(12-15-9-6-10-15)11-14-7-4-3-5-8-14/h3-5,7-8,15-16H,6,9-13H2,1-2H3,(H,20,23). The first-order chi connectivity index (χ1) is 11.5. The van der Waals surface area contributed by atoms with Crippen molar-refractivity contribution in [3.8, 4) is 0 Å². The van der Waals surface area contributed by atoms with E-state index in [-0.39, 0.29) is 11.8 Å². The van der Waals surface area contributed by atoms with Crippen molar-refractivity contribution in [2.75, 3.05) is 12.3 Å². The Morgan fingerprint density at radius 3 is 2.58 bits per heavy atom. The summed E-state index contributed by atoms with van der Waals surface area (Å²) < 4.78 is -0.449. The van der Waals surface area contributed by atoms with E-state index >= 15 is 0 Å². The molecule has 130 valence electrons. The molecule has 1 saturated heterocycles. The van der Waals surface area contributed by atoms with Gasteiger partial charge in [-0.3, -0.25) is 9.59 Å². The highest BCUT2D eigenvalue weighted by atomic mass is 32.2. The third-order valence-electron chi connectivity index (χ3n) is 4.99. The molecule has 1 N–H and O–H groups in total. The zero-order chi connectivity index (χ0) is 17.2. The van der Waals surface area contributed by atoms with E-state index in [1.54, 1.807) is 11.8 Å². The molecule has 0 bridgehead atoms. The molecule has 4 nitrogen and oxygen atoms in total. The summed E-state index contributed by atoms with van der Waals surface area (Å²) in [5.74, 6) is 1.27. The van der Waals surface area contributed by atoms with E-state index in [2.05, 4.69) is 17.4 Å². The van der Waals surface area contributed by atoms with Gasteiger partial charge in [-0.25, -0.2) is 0 Å². The average molecular weight is 346 g/mol. The third kappa shape index (κ3) is 3.94. The van der Waals surface area contributed by atoms with E-state index < -0.39 is 10.8 Å². The van der Waals surface area contributed by atoms with E-state index in [1.807, 2.05) is 36.9 Å². The molecule has 1 unspecified atom stereocenters. The van der Waals surface area contributed by atoms with Crippen molar-refractivity contribution in [3.63, 3.8) is 0 Å². The van der Waals surface area contributed by atoms with Gasteiger partial charge in [0.15, 0.2) is 0 Å². The number of rotatable bonds is 5. The third-order valence-corrected chi connectivity index (χ3v) is 6.40. The fourth-order valence-electron chi connectivity index (χ4n) is 3.11. The van der Waals surface area contributed by atoms with Gasteiger partial charge in [-0.15, -0.1) is 11.8 Å². The second kappa shape index (κ2) is 7.18. The summed E-state index contributed by atoms with van der Waals surface area (Å²) in [5, 5.41) is 2.93. The average Bonchev–Trinajstić information content (AvgIpc) is 2.52. The first kappa shape index (κ1) is 17.3. The molecule has 5 heteroatoms. The number of amides is 2. The number of nitrogens with one attached hydrogen (secondary N) is 1. The monoisotopic (exact) mass is 346 g/mol. The van der Waals surface area contributed by atoms with Crippen LogP contribution in [0, 0.1) is 5.92 Å². The van der Waals surface area contributed by atoms with Gasteiger partial charge >= 0.3 is 0 Å². The van der Waals surface area contributed by atoms with Crippen LogP contribution in [0.2, 0.25) is 0 Å². The van der Waals surface area contributed by atoms with E-state index in [0.717, 1.165) is 12.1 Å². The highest BCUT2D eigenvalue weighted by Gasteiger charge is 2.39. The van der Waals surface area contributed by atoms with Gasteiger partial charge in [-0.1, -0.05) is 36.8 Å². The second-order valence-electron chi connectivity index (χ2n) is 7.35. The maximum absolute atomic E-state index is 13.0. The normalized spacial score (nSPS) is 23.2. The molecule has 3 rings (SSSR count). The van der Waals surface area contributed by atoms with Gasteiger partial charge < -0.3 is 10.2 Å². The predicted molar refractivity (Wildman–Crippen MR) is 97.7 cm³/mol. The summed E-state index contributed by atoms with van der Waals surface area (Å²) in [5.41, 5.74) is 1.14. The van der Waals surface area contributed by atoms with Crippen molar-refractivity contribution < 1.29 is 9.59 Å². The Bertz CT molecular complexity index is 599. The molecule has 1 aromatic rings. The minimum Gasteiger partial charge on any atom is -0.342 e. The second-order valence-corrected chi connectivity index (χ2v) is 8.99. The van der Waals surface area contributed by atoms with Crippen LogP contribution in [0.1, 0.15) is 38.7 Å². The van der Waals surface area contributed by atoms with Gasteiger partial charge in [-0.05, 0) is 38.2 Å². The fraction of sp³-hybridized carbons (Fsp3) is 0.579. The SMILES string of the molecule is CC1(C)SCC(C(=O)N(Cc2ccccc2)CC2CCC2)NC1=O.